The molecular weight excluding hydrogens is 436 g/mol. The summed E-state index contributed by atoms with van der Waals surface area (Å²) in [7, 11) is 3.41. The van der Waals surface area contributed by atoms with E-state index in [2.05, 4.69) is 5.32 Å². The van der Waals surface area contributed by atoms with Gasteiger partial charge in [-0.1, -0.05) is 12.1 Å². The Morgan fingerprint density at radius 3 is 2.70 bits per heavy atom. The molecule has 2 heterocycles. The second-order valence-electron chi connectivity index (χ2n) is 7.78. The minimum absolute atomic E-state index is 0.134. The smallest absolute Gasteiger partial charge is 0.256 e. The zero-order valence-corrected chi connectivity index (χ0v) is 19.9. The first-order valence-corrected chi connectivity index (χ1v) is 11.6. The Balaban J connectivity index is 1.88. The van der Waals surface area contributed by atoms with Crippen LogP contribution in [-0.2, 0) is 17.9 Å². The Kier molecular flexibility index (Phi) is 6.46. The van der Waals surface area contributed by atoms with Gasteiger partial charge in [0.2, 0.25) is 5.91 Å². The largest absolute Gasteiger partial charge is 0.497 e. The molecule has 170 valence electrons. The number of carbonyl (C=O) groups excluding carboxylic acids is 2. The van der Waals surface area contributed by atoms with Crippen molar-refractivity contribution in [3.05, 3.63) is 64.4 Å². The van der Waals surface area contributed by atoms with E-state index in [0.717, 1.165) is 28.2 Å². The van der Waals surface area contributed by atoms with E-state index in [9.17, 15) is 9.59 Å². The van der Waals surface area contributed by atoms with Crippen molar-refractivity contribution in [1.29, 1.82) is 0 Å². The number of nitrogens with zero attached hydrogens (tertiary/aromatic N) is 3. The molecule has 1 N–H and O–H groups in total. The molecule has 0 saturated heterocycles. The first kappa shape index (κ1) is 22.5. The lowest BCUT2D eigenvalue weighted by molar-refractivity contribution is -0.114. The summed E-state index contributed by atoms with van der Waals surface area (Å²) in [5.74, 6) is 1.13. The van der Waals surface area contributed by atoms with E-state index in [1.54, 1.807) is 36.5 Å². The molecule has 2 aromatic heterocycles. The Morgan fingerprint density at radius 1 is 1.21 bits per heavy atom. The van der Waals surface area contributed by atoms with E-state index >= 15 is 0 Å². The molecule has 0 fully saturated rings. The number of anilines is 1. The number of ether oxygens (including phenoxy) is 1. The molecule has 0 saturated carbocycles. The molecular formula is C25H26N4O3S. The van der Waals surface area contributed by atoms with Crippen LogP contribution in [0.3, 0.4) is 0 Å². The van der Waals surface area contributed by atoms with Crippen LogP contribution in [0.5, 0.6) is 5.75 Å². The minimum Gasteiger partial charge on any atom is -0.497 e. The summed E-state index contributed by atoms with van der Waals surface area (Å²) in [4.78, 5) is 31.9. The summed E-state index contributed by atoms with van der Waals surface area (Å²) >= 11 is 1.60. The van der Waals surface area contributed by atoms with E-state index in [-0.39, 0.29) is 11.8 Å². The summed E-state index contributed by atoms with van der Waals surface area (Å²) in [6.07, 6.45) is 0. The summed E-state index contributed by atoms with van der Waals surface area (Å²) in [5, 5.41) is 6.83. The molecule has 0 unspecified atom stereocenters. The maximum absolute atomic E-state index is 13.6. The van der Waals surface area contributed by atoms with Gasteiger partial charge in [-0.15, -0.1) is 0 Å². The highest BCUT2D eigenvalue weighted by Gasteiger charge is 2.23. The average Bonchev–Trinajstić information content (AvgIpc) is 3.45. The molecule has 0 radical (unpaired) electrons. The van der Waals surface area contributed by atoms with Crippen LogP contribution in [0.4, 0.5) is 5.69 Å². The maximum Gasteiger partial charge on any atom is 0.256 e. The van der Waals surface area contributed by atoms with E-state index in [1.807, 2.05) is 58.6 Å². The molecule has 0 atom stereocenters. The zero-order valence-electron chi connectivity index (χ0n) is 19.1. The normalized spacial score (nSPS) is 10.9. The van der Waals surface area contributed by atoms with Gasteiger partial charge in [0, 0.05) is 38.3 Å². The van der Waals surface area contributed by atoms with E-state index < -0.39 is 0 Å². The van der Waals surface area contributed by atoms with Gasteiger partial charge in [-0.2, -0.15) is 11.3 Å². The van der Waals surface area contributed by atoms with E-state index in [4.69, 9.17) is 9.72 Å². The Morgan fingerprint density at radius 2 is 2.03 bits per heavy atom. The van der Waals surface area contributed by atoms with Crippen molar-refractivity contribution in [3.8, 4) is 17.1 Å². The van der Waals surface area contributed by atoms with E-state index in [0.29, 0.717) is 29.9 Å². The van der Waals surface area contributed by atoms with Gasteiger partial charge < -0.3 is 19.5 Å². The number of aryl methyl sites for hydroxylation is 1. The van der Waals surface area contributed by atoms with Crippen molar-refractivity contribution in [2.45, 2.75) is 26.9 Å². The van der Waals surface area contributed by atoms with Gasteiger partial charge in [0.05, 0.1) is 23.7 Å². The SMILES string of the molecule is CCn1c(-c2cccc(OC)c2)nc2cc(NC(C)=O)cc(C(=O)N(C)Cc3ccsc3)c21. The Hall–Kier alpha value is -3.65. The number of methoxy groups -OCH3 is 1. The summed E-state index contributed by atoms with van der Waals surface area (Å²) < 4.78 is 7.42. The zero-order chi connectivity index (χ0) is 23.5. The van der Waals surface area contributed by atoms with Crippen molar-refractivity contribution < 1.29 is 14.3 Å². The van der Waals surface area contributed by atoms with Crippen molar-refractivity contribution >= 4 is 39.9 Å². The van der Waals surface area contributed by atoms with Crippen LogP contribution >= 0.6 is 11.3 Å². The first-order valence-electron chi connectivity index (χ1n) is 10.6. The van der Waals surface area contributed by atoms with Gasteiger partial charge in [0.25, 0.3) is 5.91 Å². The lowest BCUT2D eigenvalue weighted by Crippen LogP contribution is -2.26. The molecule has 8 heteroatoms. The molecule has 0 bridgehead atoms. The van der Waals surface area contributed by atoms with E-state index in [1.165, 1.54) is 6.92 Å². The third-order valence-electron chi connectivity index (χ3n) is 5.38. The van der Waals surface area contributed by atoms with Gasteiger partial charge in [-0.05, 0) is 53.6 Å². The molecule has 2 amide bonds. The fourth-order valence-corrected chi connectivity index (χ4v) is 4.59. The molecule has 0 spiro atoms. The third kappa shape index (κ3) is 4.61. The van der Waals surface area contributed by atoms with Gasteiger partial charge in [0.1, 0.15) is 11.6 Å². The topological polar surface area (TPSA) is 76.5 Å². The van der Waals surface area contributed by atoms with Crippen molar-refractivity contribution in [1.82, 2.24) is 14.5 Å². The molecule has 0 aliphatic rings. The number of hydrogen-bond donors (Lipinski definition) is 1. The van der Waals surface area contributed by atoms with Crippen LogP contribution in [0.25, 0.3) is 22.4 Å². The Labute approximate surface area is 196 Å². The Bertz CT molecular complexity index is 1310. The predicted octanol–water partition coefficient (Wildman–Crippen LogP) is 5.02. The molecule has 7 nitrogen and oxygen atoms in total. The number of aromatic nitrogens is 2. The highest BCUT2D eigenvalue weighted by molar-refractivity contribution is 7.07. The number of fused-ring (bicyclic) bond motifs is 1. The average molecular weight is 463 g/mol. The lowest BCUT2D eigenvalue weighted by Gasteiger charge is -2.19. The van der Waals surface area contributed by atoms with Crippen LogP contribution < -0.4 is 10.1 Å². The summed E-state index contributed by atoms with van der Waals surface area (Å²) in [5.41, 5.74) is 4.39. The second-order valence-corrected chi connectivity index (χ2v) is 8.56. The molecule has 4 rings (SSSR count). The highest BCUT2D eigenvalue weighted by atomic mass is 32.1. The number of imidazole rings is 1. The highest BCUT2D eigenvalue weighted by Crippen LogP contribution is 2.32. The van der Waals surface area contributed by atoms with Crippen LogP contribution in [0.1, 0.15) is 29.8 Å². The van der Waals surface area contributed by atoms with Crippen molar-refractivity contribution in [2.24, 2.45) is 0 Å². The monoisotopic (exact) mass is 462 g/mol. The third-order valence-corrected chi connectivity index (χ3v) is 6.12. The van der Waals surface area contributed by atoms with Crippen LogP contribution in [0.15, 0.2) is 53.2 Å². The van der Waals surface area contributed by atoms with Gasteiger partial charge in [-0.25, -0.2) is 4.98 Å². The van der Waals surface area contributed by atoms with Crippen molar-refractivity contribution in [2.75, 3.05) is 19.5 Å². The number of nitrogens with one attached hydrogen (secondary N) is 1. The van der Waals surface area contributed by atoms with Gasteiger partial charge in [-0.3, -0.25) is 9.59 Å². The molecule has 4 aromatic rings. The summed E-state index contributed by atoms with van der Waals surface area (Å²) in [6, 6.07) is 13.2. The number of rotatable bonds is 7. The first-order chi connectivity index (χ1) is 15.9. The fourth-order valence-electron chi connectivity index (χ4n) is 3.93. The minimum atomic E-state index is -0.206. The van der Waals surface area contributed by atoms with Crippen LogP contribution in [0.2, 0.25) is 0 Å². The van der Waals surface area contributed by atoms with Gasteiger partial charge >= 0.3 is 0 Å². The number of hydrogen-bond acceptors (Lipinski definition) is 5. The molecule has 0 aliphatic heterocycles. The number of benzene rings is 2. The predicted molar refractivity (Wildman–Crippen MR) is 132 cm³/mol. The van der Waals surface area contributed by atoms with Gasteiger partial charge in [0.15, 0.2) is 0 Å². The number of carbonyl (C=O) groups is 2. The number of amides is 2. The van der Waals surface area contributed by atoms with Crippen LogP contribution in [-0.4, -0.2) is 40.4 Å². The lowest BCUT2D eigenvalue weighted by atomic mass is 10.1. The maximum atomic E-state index is 13.6. The summed E-state index contributed by atoms with van der Waals surface area (Å²) in [6.45, 7) is 4.59. The second kappa shape index (κ2) is 9.46. The molecule has 0 aliphatic carbocycles. The quantitative estimate of drug-likeness (QED) is 0.418. The fraction of sp³-hybridized carbons (Fsp3) is 0.240. The van der Waals surface area contributed by atoms with Crippen LogP contribution in [0, 0.1) is 0 Å². The van der Waals surface area contributed by atoms with Crippen molar-refractivity contribution in [3.63, 3.8) is 0 Å². The molecule has 2 aromatic carbocycles. The molecule has 33 heavy (non-hydrogen) atoms. The standard InChI is InChI=1S/C25H26N4O3S/c1-5-29-23-21(25(31)28(3)14-17-9-10-33-15-17)12-19(26-16(2)30)13-22(23)27-24(29)18-7-6-8-20(11-18)32-4/h6-13,15H,5,14H2,1-4H3,(H,26,30). The number of thiophene rings is 1.